The first-order valence-electron chi connectivity index (χ1n) is 9.49. The Kier molecular flexibility index (Phi) is 6.43. The van der Waals surface area contributed by atoms with Crippen LogP contribution in [0.3, 0.4) is 0 Å². The first-order valence-corrected chi connectivity index (χ1v) is 9.49. The van der Waals surface area contributed by atoms with E-state index in [1.807, 2.05) is 19.9 Å². The number of rotatable bonds is 6. The third-order valence-corrected chi connectivity index (χ3v) is 4.49. The fourth-order valence-corrected chi connectivity index (χ4v) is 3.01. The molecule has 0 saturated carbocycles. The number of hydrogen-bond donors (Lipinski definition) is 1. The molecule has 29 heavy (non-hydrogen) atoms. The number of piperazine rings is 1. The van der Waals surface area contributed by atoms with E-state index >= 15 is 0 Å². The van der Waals surface area contributed by atoms with Gasteiger partial charge in [0.1, 0.15) is 11.4 Å². The zero-order valence-corrected chi connectivity index (χ0v) is 16.5. The SMILES string of the molecule is CC(C)Oc1ccccc1NC(=O)c1cc(C(=O)N2CCN(C=O)CC2)ccn1. The minimum atomic E-state index is -0.426. The summed E-state index contributed by atoms with van der Waals surface area (Å²) in [5, 5.41) is 2.79. The Hall–Kier alpha value is -3.42. The molecule has 0 unspecified atom stereocenters. The molecule has 8 heteroatoms. The zero-order chi connectivity index (χ0) is 20.8. The maximum Gasteiger partial charge on any atom is 0.274 e. The number of carbonyl (C=O) groups excluding carboxylic acids is 3. The number of pyridine rings is 1. The highest BCUT2D eigenvalue weighted by Crippen LogP contribution is 2.25. The summed E-state index contributed by atoms with van der Waals surface area (Å²) in [5.41, 5.74) is 1.06. The summed E-state index contributed by atoms with van der Waals surface area (Å²) in [6.07, 6.45) is 2.20. The summed E-state index contributed by atoms with van der Waals surface area (Å²) < 4.78 is 5.72. The van der Waals surface area contributed by atoms with Gasteiger partial charge in [0.25, 0.3) is 11.8 Å². The third kappa shape index (κ3) is 5.10. The highest BCUT2D eigenvalue weighted by atomic mass is 16.5. The van der Waals surface area contributed by atoms with Crippen LogP contribution in [0.1, 0.15) is 34.7 Å². The highest BCUT2D eigenvalue weighted by Gasteiger charge is 2.22. The normalized spacial score (nSPS) is 13.9. The molecule has 1 N–H and O–H groups in total. The maximum absolute atomic E-state index is 12.7. The molecule has 1 aliphatic rings. The zero-order valence-electron chi connectivity index (χ0n) is 16.5. The summed E-state index contributed by atoms with van der Waals surface area (Å²) in [6.45, 7) is 5.73. The molecule has 8 nitrogen and oxygen atoms in total. The van der Waals surface area contributed by atoms with Crippen LogP contribution in [0, 0.1) is 0 Å². The second kappa shape index (κ2) is 9.18. The highest BCUT2D eigenvalue weighted by molar-refractivity contribution is 6.05. The topological polar surface area (TPSA) is 91.8 Å². The van der Waals surface area contributed by atoms with E-state index in [-0.39, 0.29) is 17.7 Å². The van der Waals surface area contributed by atoms with Crippen LogP contribution in [0.2, 0.25) is 0 Å². The molecule has 0 radical (unpaired) electrons. The molecule has 0 aliphatic carbocycles. The Morgan fingerprint density at radius 2 is 1.86 bits per heavy atom. The van der Waals surface area contributed by atoms with Gasteiger partial charge in [-0.1, -0.05) is 12.1 Å². The van der Waals surface area contributed by atoms with E-state index < -0.39 is 5.91 Å². The number of hydrogen-bond acceptors (Lipinski definition) is 5. The lowest BCUT2D eigenvalue weighted by Crippen LogP contribution is -2.48. The molecule has 2 heterocycles. The van der Waals surface area contributed by atoms with Crippen LogP contribution in [-0.4, -0.2) is 65.3 Å². The van der Waals surface area contributed by atoms with Crippen molar-refractivity contribution in [1.82, 2.24) is 14.8 Å². The van der Waals surface area contributed by atoms with E-state index in [0.29, 0.717) is 43.2 Å². The van der Waals surface area contributed by atoms with Crippen LogP contribution in [0.4, 0.5) is 5.69 Å². The van der Waals surface area contributed by atoms with Crippen molar-refractivity contribution < 1.29 is 19.1 Å². The average Bonchev–Trinajstić information content (AvgIpc) is 2.74. The third-order valence-electron chi connectivity index (χ3n) is 4.49. The molecule has 0 bridgehead atoms. The molecule has 152 valence electrons. The summed E-state index contributed by atoms with van der Waals surface area (Å²) >= 11 is 0. The summed E-state index contributed by atoms with van der Waals surface area (Å²) in [5.74, 6) is -0.0445. The van der Waals surface area contributed by atoms with Crippen LogP contribution < -0.4 is 10.1 Å². The van der Waals surface area contributed by atoms with Gasteiger partial charge in [0.2, 0.25) is 6.41 Å². The first kappa shape index (κ1) is 20.3. The Labute approximate surface area is 169 Å². The van der Waals surface area contributed by atoms with Crippen LogP contribution in [0.15, 0.2) is 42.6 Å². The van der Waals surface area contributed by atoms with Crippen molar-refractivity contribution in [2.45, 2.75) is 20.0 Å². The molecule has 1 aliphatic heterocycles. The van der Waals surface area contributed by atoms with Gasteiger partial charge < -0.3 is 19.9 Å². The molecule has 3 rings (SSSR count). The lowest BCUT2D eigenvalue weighted by Gasteiger charge is -2.32. The molecule has 3 amide bonds. The number of nitrogens with one attached hydrogen (secondary N) is 1. The van der Waals surface area contributed by atoms with Gasteiger partial charge in [0, 0.05) is 37.9 Å². The van der Waals surface area contributed by atoms with E-state index in [4.69, 9.17) is 4.74 Å². The number of aromatic nitrogens is 1. The van der Waals surface area contributed by atoms with Crippen molar-refractivity contribution in [2.24, 2.45) is 0 Å². The predicted molar refractivity (Wildman–Crippen MR) is 108 cm³/mol. The number of carbonyl (C=O) groups is 3. The van der Waals surface area contributed by atoms with Gasteiger partial charge in [-0.15, -0.1) is 0 Å². The number of anilines is 1. The van der Waals surface area contributed by atoms with Crippen molar-refractivity contribution >= 4 is 23.9 Å². The number of ether oxygens (including phenoxy) is 1. The van der Waals surface area contributed by atoms with Crippen LogP contribution in [-0.2, 0) is 4.79 Å². The maximum atomic E-state index is 12.7. The van der Waals surface area contributed by atoms with Crippen molar-refractivity contribution in [3.05, 3.63) is 53.9 Å². The van der Waals surface area contributed by atoms with Gasteiger partial charge in [-0.05, 0) is 38.1 Å². The van der Waals surface area contributed by atoms with Gasteiger partial charge in [-0.3, -0.25) is 19.4 Å². The quantitative estimate of drug-likeness (QED) is 0.755. The van der Waals surface area contributed by atoms with E-state index in [2.05, 4.69) is 10.3 Å². The van der Waals surface area contributed by atoms with Gasteiger partial charge in [0.15, 0.2) is 0 Å². The van der Waals surface area contributed by atoms with Crippen LogP contribution >= 0.6 is 0 Å². The molecule has 0 spiro atoms. The molecule has 1 aromatic heterocycles. The lowest BCUT2D eigenvalue weighted by atomic mass is 10.1. The van der Waals surface area contributed by atoms with Gasteiger partial charge in [0.05, 0.1) is 11.8 Å². The van der Waals surface area contributed by atoms with E-state index in [9.17, 15) is 14.4 Å². The lowest BCUT2D eigenvalue weighted by molar-refractivity contribution is -0.119. The number of nitrogens with zero attached hydrogens (tertiary/aromatic N) is 3. The Morgan fingerprint density at radius 3 is 2.55 bits per heavy atom. The number of para-hydroxylation sites is 2. The van der Waals surface area contributed by atoms with Crippen LogP contribution in [0.5, 0.6) is 5.75 Å². The monoisotopic (exact) mass is 396 g/mol. The average molecular weight is 396 g/mol. The van der Waals surface area contributed by atoms with Gasteiger partial charge in [-0.2, -0.15) is 0 Å². The molecule has 1 saturated heterocycles. The predicted octanol–water partition coefficient (Wildman–Crippen LogP) is 2.04. The fraction of sp³-hybridized carbons (Fsp3) is 0.333. The van der Waals surface area contributed by atoms with Crippen LogP contribution in [0.25, 0.3) is 0 Å². The van der Waals surface area contributed by atoms with E-state index in [1.54, 1.807) is 34.1 Å². The van der Waals surface area contributed by atoms with Crippen molar-refractivity contribution in [3.63, 3.8) is 0 Å². The standard InChI is InChI=1S/C21H24N4O4/c1-15(2)29-19-6-4-3-5-17(19)23-20(27)18-13-16(7-8-22-18)21(28)25-11-9-24(14-26)10-12-25/h3-8,13-15H,9-12H2,1-2H3,(H,23,27). The van der Waals surface area contributed by atoms with Crippen molar-refractivity contribution in [1.29, 1.82) is 0 Å². The number of amides is 3. The summed E-state index contributed by atoms with van der Waals surface area (Å²) in [7, 11) is 0. The van der Waals surface area contributed by atoms with Crippen molar-refractivity contribution in [3.8, 4) is 5.75 Å². The molecular weight excluding hydrogens is 372 g/mol. The molecule has 1 fully saturated rings. The molecule has 0 atom stereocenters. The van der Waals surface area contributed by atoms with E-state index in [0.717, 1.165) is 6.41 Å². The smallest absolute Gasteiger partial charge is 0.274 e. The Balaban J connectivity index is 1.72. The second-order valence-electron chi connectivity index (χ2n) is 6.98. The largest absolute Gasteiger partial charge is 0.489 e. The fourth-order valence-electron chi connectivity index (χ4n) is 3.01. The molecular formula is C21H24N4O4. The summed E-state index contributed by atoms with van der Waals surface area (Å²) in [6, 6.07) is 10.2. The van der Waals surface area contributed by atoms with Gasteiger partial charge >= 0.3 is 0 Å². The van der Waals surface area contributed by atoms with E-state index in [1.165, 1.54) is 12.3 Å². The Morgan fingerprint density at radius 1 is 1.14 bits per heavy atom. The first-order chi connectivity index (χ1) is 14.0. The Bertz CT molecular complexity index is 892. The molecule has 1 aromatic carbocycles. The number of benzene rings is 1. The second-order valence-corrected chi connectivity index (χ2v) is 6.98. The van der Waals surface area contributed by atoms with Crippen molar-refractivity contribution in [2.75, 3.05) is 31.5 Å². The van der Waals surface area contributed by atoms with Gasteiger partial charge in [-0.25, -0.2) is 0 Å². The summed E-state index contributed by atoms with van der Waals surface area (Å²) in [4.78, 5) is 43.6. The minimum absolute atomic E-state index is 0.0354. The minimum Gasteiger partial charge on any atom is -0.489 e. The molecule has 2 aromatic rings.